The Bertz CT molecular complexity index is 991. The molecule has 33 heavy (non-hydrogen) atoms. The molecule has 180 valence electrons. The van der Waals surface area contributed by atoms with Crippen molar-refractivity contribution in [2.24, 2.45) is 11.3 Å². The van der Waals surface area contributed by atoms with Crippen LogP contribution in [0.5, 0.6) is 0 Å². The molecule has 2 unspecified atom stereocenters. The monoisotopic (exact) mass is 466 g/mol. The van der Waals surface area contributed by atoms with Crippen molar-refractivity contribution in [1.29, 1.82) is 0 Å². The number of carbonyl (C=O) groups excluding carboxylic acids is 2. The second-order valence-electron chi connectivity index (χ2n) is 12.1. The summed E-state index contributed by atoms with van der Waals surface area (Å²) in [6, 6.07) is 10.2. The topological polar surface area (TPSA) is 34.1 Å². The number of hydrogen-bond donors (Lipinski definition) is 0. The number of hydrogen-bond acceptors (Lipinski definition) is 2. The van der Waals surface area contributed by atoms with E-state index in [1.54, 1.807) is 0 Å². The van der Waals surface area contributed by atoms with Crippen LogP contribution < -0.4 is 0 Å². The van der Waals surface area contributed by atoms with Crippen LogP contribution in [0, 0.1) is 39.0 Å². The molecular weight excluding hydrogens is 423 g/mol. The van der Waals surface area contributed by atoms with Crippen LogP contribution in [0.25, 0.3) is 0 Å². The summed E-state index contributed by atoms with van der Waals surface area (Å²) >= 11 is 0. The van der Waals surface area contributed by atoms with E-state index in [9.17, 15) is 9.59 Å². The molecule has 0 aliphatic heterocycles. The quantitative estimate of drug-likeness (QED) is 0.382. The first-order valence-corrected chi connectivity index (χ1v) is 13.6. The van der Waals surface area contributed by atoms with Crippen LogP contribution in [0.1, 0.15) is 103 Å². The van der Waals surface area contributed by atoms with Crippen LogP contribution >= 0.6 is 7.92 Å². The largest absolute Gasteiger partial charge is 0.289 e. The number of rotatable bonds is 7. The fourth-order valence-electron chi connectivity index (χ4n) is 4.84. The molecule has 2 rings (SSSR count). The lowest BCUT2D eigenvalue weighted by atomic mass is 9.84. The Kier molecular flexibility index (Phi) is 8.51. The highest BCUT2D eigenvalue weighted by atomic mass is 31.1. The maximum absolute atomic E-state index is 14.1. The van der Waals surface area contributed by atoms with E-state index in [0.29, 0.717) is 12.1 Å². The zero-order chi connectivity index (χ0) is 25.3. The predicted molar refractivity (Wildman–Crippen MR) is 144 cm³/mol. The lowest BCUT2D eigenvalue weighted by Gasteiger charge is -2.27. The van der Waals surface area contributed by atoms with Crippen LogP contribution in [0.2, 0.25) is 0 Å². The molecule has 0 amide bonds. The van der Waals surface area contributed by atoms with Gasteiger partial charge in [-0.25, -0.2) is 0 Å². The van der Waals surface area contributed by atoms with E-state index in [0.717, 1.165) is 39.8 Å². The Labute approximate surface area is 203 Å². The van der Waals surface area contributed by atoms with Gasteiger partial charge in [-0.05, 0) is 84.8 Å². The Hall–Kier alpha value is -1.79. The van der Waals surface area contributed by atoms with Gasteiger partial charge in [-0.3, -0.25) is 9.59 Å². The lowest BCUT2D eigenvalue weighted by Crippen LogP contribution is -2.20. The number of aryl methyl sites for hydroxylation is 4. The second-order valence-corrected chi connectivity index (χ2v) is 14.1. The molecule has 0 N–H and O–H groups in total. The summed E-state index contributed by atoms with van der Waals surface area (Å²) in [5.41, 5.74) is 6.83. The summed E-state index contributed by atoms with van der Waals surface area (Å²) in [6.45, 7) is 23.4. The standard InChI is InChI=1S/C30H43O2P/c1-19(17-29(6,7)8)18-33(27(31)25-20(2)13-12-14-21(25)3)28(32)26-22(4)15-24(16-23(26)5)30(9,10)11/h12-16,19H,17-18H2,1-11H3. The van der Waals surface area contributed by atoms with Crippen LogP contribution in [0.4, 0.5) is 0 Å². The summed E-state index contributed by atoms with van der Waals surface area (Å²) in [4.78, 5) is 28.1. The SMILES string of the molecule is Cc1cccc(C)c1C(=O)P(CC(C)CC(C)(C)C)C(=O)c1c(C)cc(C(C)(C)C)cc1C. The highest BCUT2D eigenvalue weighted by molar-refractivity contribution is 7.90. The van der Waals surface area contributed by atoms with Crippen molar-refractivity contribution in [3.63, 3.8) is 0 Å². The number of carbonyl (C=O) groups is 2. The minimum absolute atomic E-state index is 0.0110. The minimum atomic E-state index is -1.51. The van der Waals surface area contributed by atoms with Crippen molar-refractivity contribution in [3.8, 4) is 0 Å². The molecule has 0 aliphatic carbocycles. The van der Waals surface area contributed by atoms with Crippen LogP contribution in [0.15, 0.2) is 30.3 Å². The van der Waals surface area contributed by atoms with Gasteiger partial charge in [-0.15, -0.1) is 0 Å². The predicted octanol–water partition coefficient (Wildman–Crippen LogP) is 8.75. The van der Waals surface area contributed by atoms with Gasteiger partial charge < -0.3 is 0 Å². The zero-order valence-corrected chi connectivity index (χ0v) is 23.5. The summed E-state index contributed by atoms with van der Waals surface area (Å²) in [5, 5.41) is 0. The van der Waals surface area contributed by atoms with Crippen molar-refractivity contribution in [2.75, 3.05) is 6.16 Å². The molecule has 0 spiro atoms. The lowest BCUT2D eigenvalue weighted by molar-refractivity contribution is 0.105. The third kappa shape index (κ3) is 6.86. The Morgan fingerprint density at radius 1 is 0.788 bits per heavy atom. The maximum atomic E-state index is 14.1. The van der Waals surface area contributed by atoms with Crippen molar-refractivity contribution in [2.45, 2.75) is 88.0 Å². The molecule has 0 radical (unpaired) electrons. The van der Waals surface area contributed by atoms with E-state index in [4.69, 9.17) is 0 Å². The summed E-state index contributed by atoms with van der Waals surface area (Å²) < 4.78 is 0. The average molecular weight is 467 g/mol. The molecule has 0 aliphatic rings. The molecule has 0 saturated carbocycles. The minimum Gasteiger partial charge on any atom is -0.289 e. The first kappa shape index (κ1) is 27.5. The molecular formula is C30H43O2P. The molecule has 0 bridgehead atoms. The van der Waals surface area contributed by atoms with E-state index >= 15 is 0 Å². The van der Waals surface area contributed by atoms with Crippen molar-refractivity contribution in [1.82, 2.24) is 0 Å². The second kappa shape index (κ2) is 10.2. The Balaban J connectivity index is 2.58. The third-order valence-corrected chi connectivity index (χ3v) is 8.67. The van der Waals surface area contributed by atoms with Gasteiger partial charge in [0.2, 0.25) is 0 Å². The summed E-state index contributed by atoms with van der Waals surface area (Å²) in [5.74, 6) is 0.294. The highest BCUT2D eigenvalue weighted by Crippen LogP contribution is 2.48. The van der Waals surface area contributed by atoms with Gasteiger partial charge in [0, 0.05) is 19.0 Å². The third-order valence-electron chi connectivity index (χ3n) is 6.25. The molecule has 0 fully saturated rings. The van der Waals surface area contributed by atoms with Crippen LogP contribution in [-0.4, -0.2) is 17.2 Å². The fourth-order valence-corrected chi connectivity index (χ4v) is 7.35. The molecule has 2 atom stereocenters. The van der Waals surface area contributed by atoms with Crippen molar-refractivity contribution < 1.29 is 9.59 Å². The van der Waals surface area contributed by atoms with Gasteiger partial charge in [-0.2, -0.15) is 0 Å². The van der Waals surface area contributed by atoms with E-state index in [1.807, 2.05) is 45.9 Å². The van der Waals surface area contributed by atoms with Gasteiger partial charge in [0.15, 0.2) is 11.0 Å². The molecule has 0 heterocycles. The van der Waals surface area contributed by atoms with Crippen molar-refractivity contribution >= 4 is 19.0 Å². The molecule has 3 heteroatoms. The Morgan fingerprint density at radius 2 is 1.21 bits per heavy atom. The summed E-state index contributed by atoms with van der Waals surface area (Å²) in [6.07, 6.45) is 1.62. The van der Waals surface area contributed by atoms with Crippen LogP contribution in [-0.2, 0) is 5.41 Å². The fraction of sp³-hybridized carbons (Fsp3) is 0.533. The van der Waals surface area contributed by atoms with Gasteiger partial charge in [0.25, 0.3) is 0 Å². The summed E-state index contributed by atoms with van der Waals surface area (Å²) in [7, 11) is -1.51. The highest BCUT2D eigenvalue weighted by Gasteiger charge is 2.34. The van der Waals surface area contributed by atoms with E-state index in [-0.39, 0.29) is 21.9 Å². The van der Waals surface area contributed by atoms with Gasteiger partial charge in [0.05, 0.1) is 0 Å². The normalized spacial score (nSPS) is 14.2. The molecule has 0 aromatic heterocycles. The average Bonchev–Trinajstić information content (AvgIpc) is 2.62. The van der Waals surface area contributed by atoms with Gasteiger partial charge in [0.1, 0.15) is 0 Å². The smallest absolute Gasteiger partial charge is 0.192 e. The first-order chi connectivity index (χ1) is 15.0. The van der Waals surface area contributed by atoms with E-state index in [2.05, 4.69) is 60.6 Å². The van der Waals surface area contributed by atoms with Crippen molar-refractivity contribution in [3.05, 3.63) is 69.3 Å². The zero-order valence-electron chi connectivity index (χ0n) is 22.6. The van der Waals surface area contributed by atoms with E-state index in [1.165, 1.54) is 5.56 Å². The van der Waals surface area contributed by atoms with E-state index < -0.39 is 7.92 Å². The molecule has 2 aromatic carbocycles. The van der Waals surface area contributed by atoms with Crippen LogP contribution in [0.3, 0.4) is 0 Å². The molecule has 2 nitrogen and oxygen atoms in total. The van der Waals surface area contributed by atoms with Gasteiger partial charge in [-0.1, -0.05) is 78.8 Å². The van der Waals surface area contributed by atoms with Gasteiger partial charge >= 0.3 is 0 Å². The molecule has 2 aromatic rings. The Morgan fingerprint density at radius 3 is 1.61 bits per heavy atom. The number of benzene rings is 2. The molecule has 0 saturated heterocycles. The first-order valence-electron chi connectivity index (χ1n) is 12.1. The maximum Gasteiger partial charge on any atom is 0.192 e.